The number of hydrogen-bond donors (Lipinski definition) is 1. The summed E-state index contributed by atoms with van der Waals surface area (Å²) in [7, 11) is 1.90. The Labute approximate surface area is 115 Å². The molecular weight excluding hydrogens is 236 g/mol. The Morgan fingerprint density at radius 2 is 1.89 bits per heavy atom. The Balaban J connectivity index is 2.06. The average Bonchev–Trinajstić information content (AvgIpc) is 2.46. The molecule has 2 rings (SSSR count). The van der Waals surface area contributed by atoms with Crippen molar-refractivity contribution in [2.24, 2.45) is 11.7 Å². The van der Waals surface area contributed by atoms with E-state index in [-0.39, 0.29) is 5.91 Å². The van der Waals surface area contributed by atoms with E-state index in [4.69, 9.17) is 5.73 Å². The van der Waals surface area contributed by atoms with Crippen LogP contribution in [0.5, 0.6) is 0 Å². The molecule has 2 N–H and O–H groups in total. The maximum absolute atomic E-state index is 12.5. The van der Waals surface area contributed by atoms with Gasteiger partial charge >= 0.3 is 0 Å². The fourth-order valence-corrected chi connectivity index (χ4v) is 3.06. The van der Waals surface area contributed by atoms with Gasteiger partial charge < -0.3 is 10.6 Å². The van der Waals surface area contributed by atoms with Gasteiger partial charge in [0.15, 0.2) is 0 Å². The van der Waals surface area contributed by atoms with Crippen LogP contribution in [0.4, 0.5) is 0 Å². The summed E-state index contributed by atoms with van der Waals surface area (Å²) in [5.74, 6) is 0.607. The second kappa shape index (κ2) is 6.20. The van der Waals surface area contributed by atoms with Gasteiger partial charge in [0.2, 0.25) is 5.91 Å². The summed E-state index contributed by atoms with van der Waals surface area (Å²) < 4.78 is 0. The van der Waals surface area contributed by atoms with Crippen LogP contribution in [-0.4, -0.2) is 23.9 Å². The highest BCUT2D eigenvalue weighted by Gasteiger charge is 2.30. The number of benzene rings is 1. The topological polar surface area (TPSA) is 46.3 Å². The van der Waals surface area contributed by atoms with Crippen LogP contribution in [0.25, 0.3) is 0 Å². The van der Waals surface area contributed by atoms with E-state index >= 15 is 0 Å². The number of hydrogen-bond acceptors (Lipinski definition) is 2. The number of amides is 1. The van der Waals surface area contributed by atoms with Gasteiger partial charge in [-0.05, 0) is 24.3 Å². The third-order valence-electron chi connectivity index (χ3n) is 4.34. The zero-order valence-electron chi connectivity index (χ0n) is 11.9. The molecule has 1 saturated carbocycles. The minimum Gasteiger partial charge on any atom is -0.341 e. The van der Waals surface area contributed by atoms with Gasteiger partial charge in [0.1, 0.15) is 6.04 Å². The second-order valence-electron chi connectivity index (χ2n) is 5.67. The molecule has 2 unspecified atom stereocenters. The minimum atomic E-state index is -0.541. The van der Waals surface area contributed by atoms with E-state index in [0.29, 0.717) is 12.0 Å². The molecule has 0 heterocycles. The Morgan fingerprint density at radius 1 is 1.26 bits per heavy atom. The average molecular weight is 260 g/mol. The van der Waals surface area contributed by atoms with Crippen LogP contribution >= 0.6 is 0 Å². The predicted molar refractivity (Wildman–Crippen MR) is 77.6 cm³/mol. The van der Waals surface area contributed by atoms with Crippen molar-refractivity contribution in [1.82, 2.24) is 4.90 Å². The molecule has 104 valence electrons. The lowest BCUT2D eigenvalue weighted by atomic mass is 9.85. The molecule has 1 amide bonds. The third kappa shape index (κ3) is 3.16. The fourth-order valence-electron chi connectivity index (χ4n) is 3.06. The standard InChI is InChI=1S/C16H24N2O/c1-12-8-6-7-11-14(12)18(2)16(19)15(17)13-9-4-3-5-10-13/h3-5,9-10,12,14-15H,6-8,11,17H2,1-2H3/t12?,14?,15-/m1/s1. The zero-order chi connectivity index (χ0) is 13.8. The lowest BCUT2D eigenvalue weighted by Gasteiger charge is -2.37. The van der Waals surface area contributed by atoms with Crippen LogP contribution in [0.1, 0.15) is 44.2 Å². The zero-order valence-corrected chi connectivity index (χ0v) is 11.9. The van der Waals surface area contributed by atoms with E-state index in [1.54, 1.807) is 0 Å². The summed E-state index contributed by atoms with van der Waals surface area (Å²) in [5, 5.41) is 0. The van der Waals surface area contributed by atoms with Gasteiger partial charge in [-0.15, -0.1) is 0 Å². The Kier molecular flexibility index (Phi) is 4.59. The number of nitrogens with zero attached hydrogens (tertiary/aromatic N) is 1. The first kappa shape index (κ1) is 14.1. The van der Waals surface area contributed by atoms with Gasteiger partial charge in [0.25, 0.3) is 0 Å². The van der Waals surface area contributed by atoms with E-state index in [1.807, 2.05) is 42.3 Å². The maximum atomic E-state index is 12.5. The van der Waals surface area contributed by atoms with Crippen molar-refractivity contribution in [3.05, 3.63) is 35.9 Å². The molecule has 3 atom stereocenters. The van der Waals surface area contributed by atoms with Gasteiger partial charge in [-0.3, -0.25) is 4.79 Å². The van der Waals surface area contributed by atoms with Crippen molar-refractivity contribution in [3.63, 3.8) is 0 Å². The Morgan fingerprint density at radius 3 is 2.53 bits per heavy atom. The molecule has 1 aromatic rings. The third-order valence-corrected chi connectivity index (χ3v) is 4.34. The summed E-state index contributed by atoms with van der Waals surface area (Å²) in [6.07, 6.45) is 4.81. The highest BCUT2D eigenvalue weighted by molar-refractivity contribution is 5.83. The smallest absolute Gasteiger partial charge is 0.244 e. The number of rotatable bonds is 3. The van der Waals surface area contributed by atoms with Crippen molar-refractivity contribution in [2.75, 3.05) is 7.05 Å². The van der Waals surface area contributed by atoms with Crippen molar-refractivity contribution < 1.29 is 4.79 Å². The summed E-state index contributed by atoms with van der Waals surface area (Å²) >= 11 is 0. The van der Waals surface area contributed by atoms with Crippen LogP contribution in [-0.2, 0) is 4.79 Å². The van der Waals surface area contributed by atoms with Crippen LogP contribution in [0, 0.1) is 5.92 Å². The fraction of sp³-hybridized carbons (Fsp3) is 0.562. The van der Waals surface area contributed by atoms with Crippen LogP contribution < -0.4 is 5.73 Å². The molecule has 1 fully saturated rings. The van der Waals surface area contributed by atoms with Gasteiger partial charge in [0, 0.05) is 13.1 Å². The number of nitrogens with two attached hydrogens (primary N) is 1. The summed E-state index contributed by atoms with van der Waals surface area (Å²) in [6.45, 7) is 2.24. The van der Waals surface area contributed by atoms with Crippen LogP contribution in [0.2, 0.25) is 0 Å². The molecule has 0 aromatic heterocycles. The molecule has 3 nitrogen and oxygen atoms in total. The van der Waals surface area contributed by atoms with E-state index in [0.717, 1.165) is 12.0 Å². The molecule has 1 aliphatic carbocycles. The number of likely N-dealkylation sites (N-methyl/N-ethyl adjacent to an activating group) is 1. The summed E-state index contributed by atoms with van der Waals surface area (Å²) in [4.78, 5) is 14.4. The predicted octanol–water partition coefficient (Wildman–Crippen LogP) is 2.72. The van der Waals surface area contributed by atoms with Gasteiger partial charge in [-0.2, -0.15) is 0 Å². The molecule has 0 radical (unpaired) electrons. The highest BCUT2D eigenvalue weighted by Crippen LogP contribution is 2.28. The van der Waals surface area contributed by atoms with E-state index in [1.165, 1.54) is 19.3 Å². The van der Waals surface area contributed by atoms with Crippen LogP contribution in [0.3, 0.4) is 0 Å². The maximum Gasteiger partial charge on any atom is 0.244 e. The highest BCUT2D eigenvalue weighted by atomic mass is 16.2. The van der Waals surface area contributed by atoms with Crippen LogP contribution in [0.15, 0.2) is 30.3 Å². The second-order valence-corrected chi connectivity index (χ2v) is 5.67. The first-order valence-electron chi connectivity index (χ1n) is 7.18. The molecule has 0 bridgehead atoms. The molecule has 1 aromatic carbocycles. The van der Waals surface area contributed by atoms with Crippen molar-refractivity contribution in [2.45, 2.75) is 44.7 Å². The molecule has 0 spiro atoms. The van der Waals surface area contributed by atoms with E-state index in [9.17, 15) is 4.79 Å². The van der Waals surface area contributed by atoms with Crippen molar-refractivity contribution in [3.8, 4) is 0 Å². The Hall–Kier alpha value is -1.35. The molecule has 3 heteroatoms. The lowest BCUT2D eigenvalue weighted by molar-refractivity contribution is -0.135. The summed E-state index contributed by atoms with van der Waals surface area (Å²) in [6, 6.07) is 9.42. The van der Waals surface area contributed by atoms with Gasteiger partial charge in [-0.1, -0.05) is 50.1 Å². The lowest BCUT2D eigenvalue weighted by Crippen LogP contribution is -2.46. The van der Waals surface area contributed by atoms with Gasteiger partial charge in [0.05, 0.1) is 0 Å². The van der Waals surface area contributed by atoms with Crippen molar-refractivity contribution >= 4 is 5.91 Å². The van der Waals surface area contributed by atoms with Crippen molar-refractivity contribution in [1.29, 1.82) is 0 Å². The molecule has 1 aliphatic rings. The number of carbonyl (C=O) groups is 1. The monoisotopic (exact) mass is 260 g/mol. The SMILES string of the molecule is CC1CCCCC1N(C)C(=O)[C@H](N)c1ccccc1. The molecular formula is C16H24N2O. The first-order chi connectivity index (χ1) is 9.11. The first-order valence-corrected chi connectivity index (χ1v) is 7.18. The number of carbonyl (C=O) groups excluding carboxylic acids is 1. The van der Waals surface area contributed by atoms with E-state index in [2.05, 4.69) is 6.92 Å². The molecule has 0 aliphatic heterocycles. The minimum absolute atomic E-state index is 0.0324. The molecule has 19 heavy (non-hydrogen) atoms. The normalized spacial score (nSPS) is 24.8. The van der Waals surface area contributed by atoms with Gasteiger partial charge in [-0.25, -0.2) is 0 Å². The summed E-state index contributed by atoms with van der Waals surface area (Å²) in [5.41, 5.74) is 6.99. The largest absolute Gasteiger partial charge is 0.341 e. The Bertz CT molecular complexity index is 418. The quantitative estimate of drug-likeness (QED) is 0.908. The van der Waals surface area contributed by atoms with E-state index < -0.39 is 6.04 Å². The molecule has 0 saturated heterocycles.